The Morgan fingerprint density at radius 1 is 1.50 bits per heavy atom. The van der Waals surface area contributed by atoms with Gasteiger partial charge < -0.3 is 4.52 Å². The normalized spacial score (nSPS) is 18.6. The molecular weight excluding hydrogens is 226 g/mol. The molecule has 0 amide bonds. The van der Waals surface area contributed by atoms with Gasteiger partial charge in [-0.25, -0.2) is 0 Å². The molecule has 0 saturated heterocycles. The van der Waals surface area contributed by atoms with Gasteiger partial charge in [-0.3, -0.25) is 0 Å². The van der Waals surface area contributed by atoms with Crippen LogP contribution in [-0.2, 0) is 12.8 Å². The van der Waals surface area contributed by atoms with Crippen LogP contribution in [-0.4, -0.2) is 10.1 Å². The smallest absolute Gasteiger partial charge is 0.227 e. The molecule has 0 bridgehead atoms. The fraction of sp³-hybridized carbons (Fsp3) is 0.357. The van der Waals surface area contributed by atoms with Crippen molar-refractivity contribution in [3.05, 3.63) is 47.1 Å². The van der Waals surface area contributed by atoms with E-state index in [1.54, 1.807) is 0 Å². The average molecular weight is 239 g/mol. The molecule has 1 heterocycles. The van der Waals surface area contributed by atoms with Crippen LogP contribution in [0.1, 0.15) is 35.7 Å². The molecule has 90 valence electrons. The number of nitriles is 1. The molecule has 4 heteroatoms. The molecule has 0 N–H and O–H groups in total. The zero-order valence-electron chi connectivity index (χ0n) is 10.1. The predicted octanol–water partition coefficient (Wildman–Crippen LogP) is 2.46. The first-order valence-electron chi connectivity index (χ1n) is 6.08. The molecule has 2 atom stereocenters. The third kappa shape index (κ3) is 1.78. The number of aromatic nitrogens is 2. The van der Waals surface area contributed by atoms with Crippen molar-refractivity contribution in [3.63, 3.8) is 0 Å². The first kappa shape index (κ1) is 11.0. The molecule has 2 aromatic rings. The van der Waals surface area contributed by atoms with E-state index in [0.29, 0.717) is 12.3 Å². The van der Waals surface area contributed by atoms with Crippen molar-refractivity contribution in [2.24, 2.45) is 5.92 Å². The minimum absolute atomic E-state index is 0.0908. The van der Waals surface area contributed by atoms with E-state index in [1.165, 1.54) is 11.1 Å². The zero-order chi connectivity index (χ0) is 12.5. The Hall–Kier alpha value is -2.15. The van der Waals surface area contributed by atoms with Crippen molar-refractivity contribution in [2.45, 2.75) is 25.7 Å². The van der Waals surface area contributed by atoms with Gasteiger partial charge in [-0.05, 0) is 24.5 Å². The SMILES string of the molecule is CC(C#N)Cc1nc(C2Cc3ccccc32)no1. The standard InChI is InChI=1S/C14H13N3O/c1-9(8-15)6-13-16-14(17-18-13)12-7-10-4-2-3-5-11(10)12/h2-5,9,12H,6-7H2,1H3. The Morgan fingerprint density at radius 3 is 3.11 bits per heavy atom. The highest BCUT2D eigenvalue weighted by molar-refractivity contribution is 5.43. The van der Waals surface area contributed by atoms with Crippen LogP contribution in [0.25, 0.3) is 0 Å². The molecule has 18 heavy (non-hydrogen) atoms. The van der Waals surface area contributed by atoms with Gasteiger partial charge in [0.2, 0.25) is 5.89 Å². The Labute approximate surface area is 105 Å². The summed E-state index contributed by atoms with van der Waals surface area (Å²) in [4.78, 5) is 4.39. The Balaban J connectivity index is 1.78. The van der Waals surface area contributed by atoms with Crippen LogP contribution in [0.5, 0.6) is 0 Å². The third-order valence-corrected chi connectivity index (χ3v) is 3.35. The van der Waals surface area contributed by atoms with Crippen LogP contribution in [0.3, 0.4) is 0 Å². The summed E-state index contributed by atoms with van der Waals surface area (Å²) in [5.74, 6) is 1.47. The second kappa shape index (κ2) is 4.26. The molecule has 2 unspecified atom stereocenters. The quantitative estimate of drug-likeness (QED) is 0.825. The summed E-state index contributed by atoms with van der Waals surface area (Å²) in [6.45, 7) is 1.85. The number of fused-ring (bicyclic) bond motifs is 1. The van der Waals surface area contributed by atoms with Crippen molar-refractivity contribution >= 4 is 0 Å². The summed E-state index contributed by atoms with van der Waals surface area (Å²) in [6.07, 6.45) is 1.50. The minimum Gasteiger partial charge on any atom is -0.339 e. The number of hydrogen-bond acceptors (Lipinski definition) is 4. The lowest BCUT2D eigenvalue weighted by molar-refractivity contribution is 0.362. The zero-order valence-corrected chi connectivity index (χ0v) is 10.1. The van der Waals surface area contributed by atoms with Gasteiger partial charge in [0, 0.05) is 6.42 Å². The van der Waals surface area contributed by atoms with E-state index >= 15 is 0 Å². The lowest BCUT2D eigenvalue weighted by Crippen LogP contribution is -2.19. The predicted molar refractivity (Wildman–Crippen MR) is 64.8 cm³/mol. The van der Waals surface area contributed by atoms with Crippen molar-refractivity contribution in [2.75, 3.05) is 0 Å². The van der Waals surface area contributed by atoms with E-state index in [4.69, 9.17) is 9.78 Å². The van der Waals surface area contributed by atoms with E-state index in [2.05, 4.69) is 28.3 Å². The second-order valence-corrected chi connectivity index (χ2v) is 4.74. The van der Waals surface area contributed by atoms with Crippen molar-refractivity contribution in [1.29, 1.82) is 5.26 Å². The average Bonchev–Trinajstić information content (AvgIpc) is 2.79. The maximum absolute atomic E-state index is 8.76. The Bertz CT molecular complexity index is 611. The van der Waals surface area contributed by atoms with E-state index in [0.717, 1.165) is 12.2 Å². The molecule has 0 fully saturated rings. The van der Waals surface area contributed by atoms with Gasteiger partial charge in [-0.1, -0.05) is 29.4 Å². The van der Waals surface area contributed by atoms with Crippen LogP contribution in [0.15, 0.2) is 28.8 Å². The molecule has 0 saturated carbocycles. The second-order valence-electron chi connectivity index (χ2n) is 4.74. The largest absolute Gasteiger partial charge is 0.339 e. The molecule has 3 rings (SSSR count). The van der Waals surface area contributed by atoms with Crippen LogP contribution in [0.4, 0.5) is 0 Å². The van der Waals surface area contributed by atoms with Crippen LogP contribution >= 0.6 is 0 Å². The Morgan fingerprint density at radius 2 is 2.33 bits per heavy atom. The van der Waals surface area contributed by atoms with Crippen LogP contribution in [0.2, 0.25) is 0 Å². The number of rotatable bonds is 3. The van der Waals surface area contributed by atoms with Gasteiger partial charge >= 0.3 is 0 Å². The van der Waals surface area contributed by atoms with E-state index in [9.17, 15) is 0 Å². The van der Waals surface area contributed by atoms with Crippen molar-refractivity contribution < 1.29 is 4.52 Å². The lowest BCUT2D eigenvalue weighted by Gasteiger charge is -2.27. The van der Waals surface area contributed by atoms with Crippen molar-refractivity contribution in [3.8, 4) is 6.07 Å². The van der Waals surface area contributed by atoms with Gasteiger partial charge in [-0.2, -0.15) is 10.2 Å². The molecule has 1 aromatic heterocycles. The van der Waals surface area contributed by atoms with Crippen LogP contribution in [0, 0.1) is 17.2 Å². The summed E-state index contributed by atoms with van der Waals surface area (Å²) >= 11 is 0. The van der Waals surface area contributed by atoms with E-state index < -0.39 is 0 Å². The van der Waals surface area contributed by atoms with Gasteiger partial charge in [0.1, 0.15) is 0 Å². The lowest BCUT2D eigenvalue weighted by atomic mass is 9.77. The summed E-state index contributed by atoms with van der Waals surface area (Å²) < 4.78 is 5.20. The molecule has 0 radical (unpaired) electrons. The topological polar surface area (TPSA) is 62.7 Å². The Kier molecular flexibility index (Phi) is 2.60. The molecule has 0 spiro atoms. The summed E-state index contributed by atoms with van der Waals surface area (Å²) in [7, 11) is 0. The van der Waals surface area contributed by atoms with Crippen LogP contribution < -0.4 is 0 Å². The minimum atomic E-state index is -0.0908. The highest BCUT2D eigenvalue weighted by atomic mass is 16.5. The molecule has 1 aromatic carbocycles. The molecule has 4 nitrogen and oxygen atoms in total. The number of hydrogen-bond donors (Lipinski definition) is 0. The first-order chi connectivity index (χ1) is 8.78. The maximum Gasteiger partial charge on any atom is 0.227 e. The summed E-state index contributed by atoms with van der Waals surface area (Å²) in [5.41, 5.74) is 2.65. The number of benzene rings is 1. The number of nitrogens with zero attached hydrogens (tertiary/aromatic N) is 3. The van der Waals surface area contributed by atoms with Gasteiger partial charge in [0.05, 0.1) is 17.9 Å². The molecule has 1 aliphatic rings. The maximum atomic E-state index is 8.76. The highest BCUT2D eigenvalue weighted by Crippen LogP contribution is 2.38. The highest BCUT2D eigenvalue weighted by Gasteiger charge is 2.30. The van der Waals surface area contributed by atoms with Crippen molar-refractivity contribution in [1.82, 2.24) is 10.1 Å². The van der Waals surface area contributed by atoms with E-state index in [-0.39, 0.29) is 11.8 Å². The molecule has 1 aliphatic carbocycles. The van der Waals surface area contributed by atoms with E-state index in [1.807, 2.05) is 19.1 Å². The fourth-order valence-corrected chi connectivity index (χ4v) is 2.29. The monoisotopic (exact) mass is 239 g/mol. The molecular formula is C14H13N3O. The summed E-state index contributed by atoms with van der Waals surface area (Å²) in [5, 5.41) is 12.8. The summed E-state index contributed by atoms with van der Waals surface area (Å²) in [6, 6.07) is 10.5. The van der Waals surface area contributed by atoms with Gasteiger partial charge in [0.25, 0.3) is 0 Å². The van der Waals surface area contributed by atoms with Gasteiger partial charge in [-0.15, -0.1) is 0 Å². The fourth-order valence-electron chi connectivity index (χ4n) is 2.29. The third-order valence-electron chi connectivity index (χ3n) is 3.35. The molecule has 0 aliphatic heterocycles. The first-order valence-corrected chi connectivity index (χ1v) is 6.08. The van der Waals surface area contributed by atoms with Gasteiger partial charge in [0.15, 0.2) is 5.82 Å².